The first-order chi connectivity index (χ1) is 10.1. The van der Waals surface area contributed by atoms with Crippen LogP contribution >= 0.6 is 11.6 Å². The Morgan fingerprint density at radius 2 is 2.00 bits per heavy atom. The van der Waals surface area contributed by atoms with E-state index < -0.39 is 16.5 Å². The van der Waals surface area contributed by atoms with Gasteiger partial charge in [-0.05, 0) is 18.1 Å². The monoisotopic (exact) mass is 305 g/mol. The molecule has 1 N–H and O–H groups in total. The topological polar surface area (TPSA) is 85.1 Å². The van der Waals surface area contributed by atoms with Crippen LogP contribution in [-0.4, -0.2) is 22.4 Å². The average molecular weight is 306 g/mol. The molecule has 0 aliphatic heterocycles. The van der Waals surface area contributed by atoms with Crippen molar-refractivity contribution in [1.29, 1.82) is 0 Å². The number of halogens is 1. The summed E-state index contributed by atoms with van der Waals surface area (Å²) in [7, 11) is 0. The molecule has 2 rings (SSSR count). The van der Waals surface area contributed by atoms with Gasteiger partial charge in [0.1, 0.15) is 5.56 Å². The fraction of sp³-hybridized carbons (Fsp3) is 0.143. The van der Waals surface area contributed by atoms with E-state index >= 15 is 0 Å². The standard InChI is InChI=1S/C14H12ClN3O3/c15-13-12(18(20)21)11(7-9-16-13)14(19)17-8-6-10-4-2-1-3-5-10/h1-5,7,9H,6,8H2,(H,17,19). The number of hydrogen-bond donors (Lipinski definition) is 1. The molecule has 6 nitrogen and oxygen atoms in total. The van der Waals surface area contributed by atoms with Gasteiger partial charge in [-0.15, -0.1) is 0 Å². The van der Waals surface area contributed by atoms with Crippen LogP contribution in [0.15, 0.2) is 42.6 Å². The van der Waals surface area contributed by atoms with Crippen molar-refractivity contribution in [3.8, 4) is 0 Å². The smallest absolute Gasteiger partial charge is 0.319 e. The average Bonchev–Trinajstić information content (AvgIpc) is 2.47. The summed E-state index contributed by atoms with van der Waals surface area (Å²) in [6.07, 6.45) is 1.90. The largest absolute Gasteiger partial charge is 0.351 e. The van der Waals surface area contributed by atoms with Crippen LogP contribution in [0.25, 0.3) is 0 Å². The lowest BCUT2D eigenvalue weighted by Crippen LogP contribution is -2.26. The second-order valence-corrected chi connectivity index (χ2v) is 4.60. The lowest BCUT2D eigenvalue weighted by Gasteiger charge is -2.06. The van der Waals surface area contributed by atoms with Crippen LogP contribution in [0.2, 0.25) is 5.15 Å². The van der Waals surface area contributed by atoms with Crippen LogP contribution in [0.1, 0.15) is 15.9 Å². The predicted octanol–water partition coefficient (Wildman–Crippen LogP) is 2.62. The molecule has 1 amide bonds. The highest BCUT2D eigenvalue weighted by molar-refractivity contribution is 6.32. The van der Waals surface area contributed by atoms with Crippen LogP contribution in [0.4, 0.5) is 5.69 Å². The van der Waals surface area contributed by atoms with Crippen molar-refractivity contribution in [2.45, 2.75) is 6.42 Å². The number of hydrogen-bond acceptors (Lipinski definition) is 4. The van der Waals surface area contributed by atoms with Gasteiger partial charge in [-0.3, -0.25) is 14.9 Å². The summed E-state index contributed by atoms with van der Waals surface area (Å²) in [5.74, 6) is -0.540. The van der Waals surface area contributed by atoms with Crippen molar-refractivity contribution in [3.63, 3.8) is 0 Å². The van der Waals surface area contributed by atoms with E-state index in [9.17, 15) is 14.9 Å². The van der Waals surface area contributed by atoms with Crippen molar-refractivity contribution >= 4 is 23.2 Å². The van der Waals surface area contributed by atoms with E-state index in [0.717, 1.165) is 5.56 Å². The first kappa shape index (κ1) is 14.9. The van der Waals surface area contributed by atoms with Gasteiger partial charge in [0.05, 0.1) is 4.92 Å². The highest BCUT2D eigenvalue weighted by atomic mass is 35.5. The third-order valence-electron chi connectivity index (χ3n) is 2.85. The van der Waals surface area contributed by atoms with Crippen molar-refractivity contribution in [2.24, 2.45) is 0 Å². The van der Waals surface area contributed by atoms with Crippen LogP contribution < -0.4 is 5.32 Å². The quantitative estimate of drug-likeness (QED) is 0.523. The number of amides is 1. The molecular weight excluding hydrogens is 294 g/mol. The molecule has 0 bridgehead atoms. The van der Waals surface area contributed by atoms with E-state index in [4.69, 9.17) is 11.6 Å². The fourth-order valence-corrected chi connectivity index (χ4v) is 2.07. The maximum atomic E-state index is 12.0. The summed E-state index contributed by atoms with van der Waals surface area (Å²) in [5, 5.41) is 13.3. The van der Waals surface area contributed by atoms with Crippen molar-refractivity contribution in [1.82, 2.24) is 10.3 Å². The Labute approximate surface area is 125 Å². The third-order valence-corrected chi connectivity index (χ3v) is 3.13. The first-order valence-corrected chi connectivity index (χ1v) is 6.58. The molecule has 0 spiro atoms. The SMILES string of the molecule is O=C(NCCc1ccccc1)c1ccnc(Cl)c1[N+](=O)[O-]. The van der Waals surface area contributed by atoms with E-state index in [2.05, 4.69) is 10.3 Å². The van der Waals surface area contributed by atoms with Gasteiger partial charge in [-0.25, -0.2) is 4.98 Å². The van der Waals surface area contributed by atoms with Crippen LogP contribution in [0, 0.1) is 10.1 Å². The minimum atomic E-state index is -0.707. The third kappa shape index (κ3) is 3.76. The molecule has 2 aromatic rings. The molecule has 0 aliphatic rings. The van der Waals surface area contributed by atoms with Crippen LogP contribution in [-0.2, 0) is 6.42 Å². The van der Waals surface area contributed by atoms with Crippen molar-refractivity contribution in [3.05, 3.63) is 69.0 Å². The molecule has 7 heteroatoms. The van der Waals surface area contributed by atoms with E-state index in [0.29, 0.717) is 13.0 Å². The summed E-state index contributed by atoms with van der Waals surface area (Å²) >= 11 is 5.67. The Morgan fingerprint density at radius 1 is 1.29 bits per heavy atom. The van der Waals surface area contributed by atoms with Gasteiger partial charge in [0.15, 0.2) is 0 Å². The molecule has 108 valence electrons. The Bertz CT molecular complexity index is 662. The van der Waals surface area contributed by atoms with Gasteiger partial charge < -0.3 is 5.32 Å². The van der Waals surface area contributed by atoms with Crippen LogP contribution in [0.3, 0.4) is 0 Å². The number of nitrogens with one attached hydrogen (secondary N) is 1. The number of nitrogens with zero attached hydrogens (tertiary/aromatic N) is 2. The summed E-state index contributed by atoms with van der Waals surface area (Å²) in [5.41, 5.74) is 0.504. The zero-order chi connectivity index (χ0) is 15.2. The second kappa shape index (κ2) is 6.81. The van der Waals surface area contributed by atoms with E-state index in [1.807, 2.05) is 30.3 Å². The van der Waals surface area contributed by atoms with Crippen molar-refractivity contribution in [2.75, 3.05) is 6.54 Å². The van der Waals surface area contributed by atoms with E-state index in [1.54, 1.807) is 0 Å². The minimum Gasteiger partial charge on any atom is -0.351 e. The molecule has 21 heavy (non-hydrogen) atoms. The molecule has 1 aromatic heterocycles. The number of carbonyl (C=O) groups excluding carboxylic acids is 1. The normalized spacial score (nSPS) is 10.1. The number of pyridine rings is 1. The Kier molecular flexibility index (Phi) is 4.84. The Balaban J connectivity index is 2.04. The molecule has 0 unspecified atom stereocenters. The van der Waals surface area contributed by atoms with Gasteiger partial charge in [0, 0.05) is 12.7 Å². The lowest BCUT2D eigenvalue weighted by atomic mass is 10.1. The number of carbonyl (C=O) groups is 1. The molecule has 0 saturated carbocycles. The van der Waals surface area contributed by atoms with Crippen molar-refractivity contribution < 1.29 is 9.72 Å². The maximum absolute atomic E-state index is 12.0. The predicted molar refractivity (Wildman–Crippen MR) is 78.4 cm³/mol. The van der Waals surface area contributed by atoms with Crippen LogP contribution in [0.5, 0.6) is 0 Å². The molecule has 0 aliphatic carbocycles. The number of nitro groups is 1. The summed E-state index contributed by atoms with van der Waals surface area (Å²) in [6.45, 7) is 0.375. The maximum Gasteiger partial charge on any atom is 0.319 e. The Hall–Kier alpha value is -2.47. The zero-order valence-electron chi connectivity index (χ0n) is 11.0. The van der Waals surface area contributed by atoms with Gasteiger partial charge in [-0.2, -0.15) is 0 Å². The molecule has 0 radical (unpaired) electrons. The number of rotatable bonds is 5. The first-order valence-electron chi connectivity index (χ1n) is 6.20. The molecular formula is C14H12ClN3O3. The van der Waals surface area contributed by atoms with E-state index in [1.165, 1.54) is 12.3 Å². The Morgan fingerprint density at radius 3 is 2.67 bits per heavy atom. The zero-order valence-corrected chi connectivity index (χ0v) is 11.7. The molecule has 0 atom stereocenters. The number of aromatic nitrogens is 1. The minimum absolute atomic E-state index is 0.0898. The summed E-state index contributed by atoms with van der Waals surface area (Å²) in [4.78, 5) is 25.9. The highest BCUT2D eigenvalue weighted by Gasteiger charge is 2.24. The molecule has 1 aromatic carbocycles. The second-order valence-electron chi connectivity index (χ2n) is 4.25. The van der Waals surface area contributed by atoms with Gasteiger partial charge >= 0.3 is 5.69 Å². The summed E-state index contributed by atoms with van der Waals surface area (Å²) in [6, 6.07) is 10.9. The number of benzene rings is 1. The van der Waals surface area contributed by atoms with Gasteiger partial charge in [0.2, 0.25) is 5.15 Å². The fourth-order valence-electron chi connectivity index (χ4n) is 1.85. The molecule has 1 heterocycles. The lowest BCUT2D eigenvalue weighted by molar-refractivity contribution is -0.385. The van der Waals surface area contributed by atoms with Gasteiger partial charge in [0.25, 0.3) is 5.91 Å². The van der Waals surface area contributed by atoms with E-state index in [-0.39, 0.29) is 10.7 Å². The summed E-state index contributed by atoms with van der Waals surface area (Å²) < 4.78 is 0. The molecule has 0 fully saturated rings. The molecule has 0 saturated heterocycles. The van der Waals surface area contributed by atoms with Gasteiger partial charge in [-0.1, -0.05) is 41.9 Å². The highest BCUT2D eigenvalue weighted by Crippen LogP contribution is 2.25.